The van der Waals surface area contributed by atoms with Crippen LogP contribution in [0.2, 0.25) is 5.02 Å². The molecule has 0 radical (unpaired) electrons. The van der Waals surface area contributed by atoms with Gasteiger partial charge in [0, 0.05) is 37.9 Å². The third-order valence-electron chi connectivity index (χ3n) is 4.53. The molecule has 10 heteroatoms. The fourth-order valence-electron chi connectivity index (χ4n) is 3.00. The normalized spacial score (nSPS) is 16.3. The number of imidazole rings is 1. The molecule has 0 aliphatic carbocycles. The molecule has 1 N–H and O–H groups in total. The Morgan fingerprint density at radius 1 is 1.33 bits per heavy atom. The van der Waals surface area contributed by atoms with E-state index in [9.17, 15) is 13.2 Å². The summed E-state index contributed by atoms with van der Waals surface area (Å²) < 4.78 is 33.2. The van der Waals surface area contributed by atoms with Gasteiger partial charge < -0.3 is 14.6 Å². The van der Waals surface area contributed by atoms with E-state index in [4.69, 9.17) is 16.3 Å². The number of anilines is 1. The van der Waals surface area contributed by atoms with E-state index < -0.39 is 10.0 Å². The van der Waals surface area contributed by atoms with Crippen LogP contribution in [-0.2, 0) is 21.9 Å². The zero-order valence-corrected chi connectivity index (χ0v) is 16.6. The second kappa shape index (κ2) is 7.87. The van der Waals surface area contributed by atoms with Crippen LogP contribution in [0.1, 0.15) is 12.8 Å². The first-order valence-electron chi connectivity index (χ1n) is 8.44. The smallest absolute Gasteiger partial charge is 0.262 e. The van der Waals surface area contributed by atoms with Crippen molar-refractivity contribution in [2.24, 2.45) is 13.0 Å². The van der Waals surface area contributed by atoms with E-state index in [1.807, 2.05) is 0 Å². The molecule has 0 unspecified atom stereocenters. The van der Waals surface area contributed by atoms with E-state index >= 15 is 0 Å². The summed E-state index contributed by atoms with van der Waals surface area (Å²) >= 11 is 6.07. The van der Waals surface area contributed by atoms with Crippen molar-refractivity contribution in [1.82, 2.24) is 13.9 Å². The Labute approximate surface area is 163 Å². The van der Waals surface area contributed by atoms with E-state index in [0.29, 0.717) is 29.3 Å². The summed E-state index contributed by atoms with van der Waals surface area (Å²) in [7, 11) is -0.388. The van der Waals surface area contributed by atoms with Gasteiger partial charge >= 0.3 is 0 Å². The number of carbonyl (C=O) groups excluding carboxylic acids is 1. The van der Waals surface area contributed by atoms with Crippen LogP contribution in [0.3, 0.4) is 0 Å². The second-order valence-corrected chi connectivity index (χ2v) is 8.69. The highest BCUT2D eigenvalue weighted by Gasteiger charge is 2.33. The molecule has 1 aromatic heterocycles. The number of rotatable bonds is 5. The summed E-state index contributed by atoms with van der Waals surface area (Å²) in [6.45, 7) is 0.556. The molecule has 1 amide bonds. The first kappa shape index (κ1) is 19.7. The number of nitrogens with zero attached hydrogens (tertiary/aromatic N) is 3. The highest BCUT2D eigenvalue weighted by Crippen LogP contribution is 2.28. The molecule has 0 saturated carbocycles. The molecule has 1 saturated heterocycles. The third kappa shape index (κ3) is 4.26. The number of hydrogen-bond acceptors (Lipinski definition) is 5. The Hall–Kier alpha value is -2.10. The van der Waals surface area contributed by atoms with Crippen LogP contribution in [0.4, 0.5) is 5.69 Å². The summed E-state index contributed by atoms with van der Waals surface area (Å²) in [6.07, 6.45) is 3.82. The summed E-state index contributed by atoms with van der Waals surface area (Å²) in [5.74, 6) is 0.120. The van der Waals surface area contributed by atoms with E-state index in [1.54, 1.807) is 29.8 Å². The zero-order chi connectivity index (χ0) is 19.6. The van der Waals surface area contributed by atoms with Crippen molar-refractivity contribution >= 4 is 33.2 Å². The minimum atomic E-state index is -3.62. The fraction of sp³-hybridized carbons (Fsp3) is 0.412. The lowest BCUT2D eigenvalue weighted by Crippen LogP contribution is -2.41. The van der Waals surface area contributed by atoms with Crippen molar-refractivity contribution in [2.45, 2.75) is 17.9 Å². The lowest BCUT2D eigenvalue weighted by atomic mass is 9.97. The minimum Gasteiger partial charge on any atom is -0.495 e. The SMILES string of the molecule is COc1ccc(NC(=O)C2CCN(S(=O)(=O)c3cn(C)cn3)CC2)cc1Cl. The van der Waals surface area contributed by atoms with Crippen molar-refractivity contribution < 1.29 is 17.9 Å². The number of aryl methyl sites for hydroxylation is 1. The van der Waals surface area contributed by atoms with Gasteiger partial charge in [-0.05, 0) is 31.0 Å². The lowest BCUT2D eigenvalue weighted by Gasteiger charge is -2.29. The first-order chi connectivity index (χ1) is 12.8. The third-order valence-corrected chi connectivity index (χ3v) is 6.61. The molecule has 0 spiro atoms. The highest BCUT2D eigenvalue weighted by atomic mass is 35.5. The monoisotopic (exact) mass is 412 g/mol. The van der Waals surface area contributed by atoms with Crippen molar-refractivity contribution in [3.8, 4) is 5.75 Å². The number of aromatic nitrogens is 2. The molecule has 1 aliphatic heterocycles. The van der Waals surface area contributed by atoms with E-state index in [1.165, 1.54) is 23.9 Å². The van der Waals surface area contributed by atoms with Crippen molar-refractivity contribution in [3.63, 3.8) is 0 Å². The summed E-state index contributed by atoms with van der Waals surface area (Å²) in [4.78, 5) is 16.4. The number of carbonyl (C=O) groups is 1. The quantitative estimate of drug-likeness (QED) is 0.811. The van der Waals surface area contributed by atoms with Gasteiger partial charge in [0.1, 0.15) is 5.75 Å². The average Bonchev–Trinajstić information content (AvgIpc) is 3.09. The van der Waals surface area contributed by atoms with Crippen LogP contribution in [-0.4, -0.2) is 48.4 Å². The molecule has 1 fully saturated rings. The molecule has 0 atom stereocenters. The lowest BCUT2D eigenvalue weighted by molar-refractivity contribution is -0.120. The average molecular weight is 413 g/mol. The largest absolute Gasteiger partial charge is 0.495 e. The number of ether oxygens (including phenoxy) is 1. The molecular weight excluding hydrogens is 392 g/mol. The predicted molar refractivity (Wildman–Crippen MR) is 101 cm³/mol. The molecule has 1 aromatic carbocycles. The molecule has 1 aliphatic rings. The topological polar surface area (TPSA) is 93.5 Å². The molecular formula is C17H21ClN4O4S. The zero-order valence-electron chi connectivity index (χ0n) is 15.1. The second-order valence-electron chi connectivity index (χ2n) is 6.39. The Balaban J connectivity index is 1.60. The molecule has 8 nitrogen and oxygen atoms in total. The standard InChI is InChI=1S/C17H21ClN4O4S/c1-21-10-16(19-11-21)27(24,25)22-7-5-12(6-8-22)17(23)20-13-3-4-15(26-2)14(18)9-13/h3-4,9-12H,5-8H2,1-2H3,(H,20,23). The van der Waals surface area contributed by atoms with Gasteiger partial charge in [0.25, 0.3) is 10.0 Å². The molecule has 2 heterocycles. The van der Waals surface area contributed by atoms with Crippen LogP contribution in [0, 0.1) is 5.92 Å². The van der Waals surface area contributed by atoms with Crippen molar-refractivity contribution in [1.29, 1.82) is 0 Å². The van der Waals surface area contributed by atoms with Crippen LogP contribution >= 0.6 is 11.6 Å². The number of sulfonamides is 1. The van der Waals surface area contributed by atoms with E-state index in [-0.39, 0.29) is 29.9 Å². The summed E-state index contributed by atoms with van der Waals surface area (Å²) in [5.41, 5.74) is 0.578. The molecule has 146 valence electrons. The number of benzene rings is 1. The van der Waals surface area contributed by atoms with Gasteiger partial charge in [-0.25, -0.2) is 13.4 Å². The Kier molecular flexibility index (Phi) is 5.73. The number of halogens is 1. The predicted octanol–water partition coefficient (Wildman–Crippen LogP) is 2.12. The summed E-state index contributed by atoms with van der Waals surface area (Å²) in [5, 5.41) is 3.27. The van der Waals surface area contributed by atoms with Gasteiger partial charge in [-0.15, -0.1) is 0 Å². The van der Waals surface area contributed by atoms with Crippen LogP contribution in [0.15, 0.2) is 35.7 Å². The maximum Gasteiger partial charge on any atom is 0.262 e. The van der Waals surface area contributed by atoms with E-state index in [2.05, 4.69) is 10.3 Å². The van der Waals surface area contributed by atoms with Crippen LogP contribution < -0.4 is 10.1 Å². The number of methoxy groups -OCH3 is 1. The maximum atomic E-state index is 12.6. The highest BCUT2D eigenvalue weighted by molar-refractivity contribution is 7.89. The van der Waals surface area contributed by atoms with Gasteiger partial charge in [-0.2, -0.15) is 4.31 Å². The van der Waals surface area contributed by atoms with Gasteiger partial charge in [0.2, 0.25) is 5.91 Å². The van der Waals surface area contributed by atoms with Crippen LogP contribution in [0.5, 0.6) is 5.75 Å². The van der Waals surface area contributed by atoms with Crippen molar-refractivity contribution in [2.75, 3.05) is 25.5 Å². The van der Waals surface area contributed by atoms with Crippen LogP contribution in [0.25, 0.3) is 0 Å². The Morgan fingerprint density at radius 2 is 2.04 bits per heavy atom. The number of nitrogens with one attached hydrogen (secondary N) is 1. The maximum absolute atomic E-state index is 12.6. The Bertz CT molecular complexity index is 936. The van der Waals surface area contributed by atoms with Crippen molar-refractivity contribution in [3.05, 3.63) is 35.7 Å². The van der Waals surface area contributed by atoms with Gasteiger partial charge in [-0.3, -0.25) is 4.79 Å². The molecule has 27 heavy (non-hydrogen) atoms. The fourth-order valence-corrected chi connectivity index (χ4v) is 4.69. The van der Waals surface area contributed by atoms with E-state index in [0.717, 1.165) is 0 Å². The molecule has 3 rings (SSSR count). The number of amides is 1. The molecule has 2 aromatic rings. The molecule has 0 bridgehead atoms. The number of hydrogen-bond donors (Lipinski definition) is 1. The number of piperidine rings is 1. The first-order valence-corrected chi connectivity index (χ1v) is 10.3. The van der Waals surface area contributed by atoms with Gasteiger partial charge in [-0.1, -0.05) is 11.6 Å². The minimum absolute atomic E-state index is 0.0285. The van der Waals surface area contributed by atoms with Gasteiger partial charge in [0.15, 0.2) is 5.03 Å². The van der Waals surface area contributed by atoms with Gasteiger partial charge in [0.05, 0.1) is 18.5 Å². The summed E-state index contributed by atoms with van der Waals surface area (Å²) in [6, 6.07) is 5.02. The Morgan fingerprint density at radius 3 is 2.59 bits per heavy atom.